The van der Waals surface area contributed by atoms with E-state index in [0.717, 1.165) is 37.3 Å². The van der Waals surface area contributed by atoms with Crippen molar-refractivity contribution in [2.75, 3.05) is 42.7 Å². The Morgan fingerprint density at radius 2 is 2.06 bits per heavy atom. The van der Waals surface area contributed by atoms with E-state index in [1.165, 1.54) is 6.08 Å². The molecule has 2 aromatic heterocycles. The Balaban J connectivity index is 1.50. The molecule has 1 aromatic carbocycles. The summed E-state index contributed by atoms with van der Waals surface area (Å²) in [7, 11) is 4.00. The second-order valence-electron chi connectivity index (χ2n) is 8.04. The summed E-state index contributed by atoms with van der Waals surface area (Å²) in [6.07, 6.45) is 8.72. The predicted octanol–water partition coefficient (Wildman–Crippen LogP) is 4.23. The minimum absolute atomic E-state index is 0.276. The van der Waals surface area contributed by atoms with Gasteiger partial charge >= 0.3 is 0 Å². The van der Waals surface area contributed by atoms with E-state index in [4.69, 9.17) is 11.6 Å². The number of likely N-dealkylation sites (tertiary alicyclic amines) is 1. The van der Waals surface area contributed by atoms with Crippen molar-refractivity contribution < 1.29 is 4.79 Å². The number of piperidine rings is 1. The summed E-state index contributed by atoms with van der Waals surface area (Å²) < 4.78 is 2.02. The molecule has 0 spiro atoms. The molecular weight excluding hydrogens is 440 g/mol. The van der Waals surface area contributed by atoms with E-state index in [-0.39, 0.29) is 5.91 Å². The maximum Gasteiger partial charge on any atom is 0.247 e. The number of nitrogens with one attached hydrogen (secondary N) is 2. The number of nitrogens with zero attached hydrogens (tertiary/aromatic N) is 6. The summed E-state index contributed by atoms with van der Waals surface area (Å²) in [5, 5.41) is 10.9. The summed E-state index contributed by atoms with van der Waals surface area (Å²) in [5.41, 5.74) is 2.27. The van der Waals surface area contributed by atoms with Gasteiger partial charge in [0.1, 0.15) is 5.02 Å². The zero-order chi connectivity index (χ0) is 23.4. The van der Waals surface area contributed by atoms with Gasteiger partial charge in [0.2, 0.25) is 11.9 Å². The molecular formula is C23H27ClN8O. The van der Waals surface area contributed by atoms with Crippen molar-refractivity contribution in [2.45, 2.75) is 18.9 Å². The molecule has 1 aliphatic rings. The number of amides is 1. The lowest BCUT2D eigenvalue weighted by molar-refractivity contribution is -0.111. The van der Waals surface area contributed by atoms with Crippen molar-refractivity contribution in [1.29, 1.82) is 0 Å². The summed E-state index contributed by atoms with van der Waals surface area (Å²) in [4.78, 5) is 24.7. The highest BCUT2D eigenvalue weighted by Crippen LogP contribution is 2.31. The van der Waals surface area contributed by atoms with Crippen LogP contribution in [0.25, 0.3) is 0 Å². The van der Waals surface area contributed by atoms with Crippen molar-refractivity contribution >= 4 is 46.3 Å². The van der Waals surface area contributed by atoms with Crippen LogP contribution < -0.4 is 15.5 Å². The number of anilines is 5. The zero-order valence-corrected chi connectivity index (χ0v) is 19.5. The lowest BCUT2D eigenvalue weighted by atomic mass is 10.1. The molecule has 0 atom stereocenters. The van der Waals surface area contributed by atoms with Crippen molar-refractivity contribution in [2.24, 2.45) is 0 Å². The van der Waals surface area contributed by atoms with Gasteiger partial charge in [-0.3, -0.25) is 9.48 Å². The number of aromatic nitrogens is 4. The zero-order valence-electron chi connectivity index (χ0n) is 18.7. The Morgan fingerprint density at radius 3 is 2.82 bits per heavy atom. The molecule has 0 radical (unpaired) electrons. The first-order valence-electron chi connectivity index (χ1n) is 10.7. The highest BCUT2D eigenvalue weighted by atomic mass is 35.5. The molecule has 2 N–H and O–H groups in total. The van der Waals surface area contributed by atoms with Crippen molar-refractivity contribution in [3.8, 4) is 0 Å². The van der Waals surface area contributed by atoms with Gasteiger partial charge in [0, 0.05) is 24.6 Å². The number of halogens is 1. The molecule has 10 heteroatoms. The highest BCUT2D eigenvalue weighted by Gasteiger charge is 2.19. The number of benzene rings is 1. The van der Waals surface area contributed by atoms with Crippen LogP contribution >= 0.6 is 11.6 Å². The smallest absolute Gasteiger partial charge is 0.247 e. The quantitative estimate of drug-likeness (QED) is 0.503. The van der Waals surface area contributed by atoms with Crippen LogP contribution in [0.4, 0.5) is 28.8 Å². The second-order valence-corrected chi connectivity index (χ2v) is 8.44. The van der Waals surface area contributed by atoms with Crippen LogP contribution in [0.5, 0.6) is 0 Å². The Morgan fingerprint density at radius 1 is 1.27 bits per heavy atom. The molecule has 1 fully saturated rings. The Labute approximate surface area is 198 Å². The molecule has 1 saturated heterocycles. The molecule has 172 valence electrons. The van der Waals surface area contributed by atoms with E-state index in [9.17, 15) is 4.79 Å². The van der Waals surface area contributed by atoms with Gasteiger partial charge in [0.05, 0.1) is 24.1 Å². The third kappa shape index (κ3) is 5.50. The third-order valence-electron chi connectivity index (χ3n) is 5.65. The van der Waals surface area contributed by atoms with Crippen LogP contribution in [-0.4, -0.2) is 57.7 Å². The highest BCUT2D eigenvalue weighted by molar-refractivity contribution is 6.33. The van der Waals surface area contributed by atoms with E-state index in [2.05, 4.69) is 44.2 Å². The van der Waals surface area contributed by atoms with Crippen molar-refractivity contribution in [1.82, 2.24) is 24.6 Å². The van der Waals surface area contributed by atoms with Crippen LogP contribution in [0.15, 0.2) is 55.5 Å². The Hall–Kier alpha value is -3.43. The molecule has 0 unspecified atom stereocenters. The van der Waals surface area contributed by atoms with Gasteiger partial charge in [0.25, 0.3) is 0 Å². The van der Waals surface area contributed by atoms with Gasteiger partial charge in [-0.25, -0.2) is 4.98 Å². The monoisotopic (exact) mass is 466 g/mol. The maximum absolute atomic E-state index is 11.6. The fourth-order valence-corrected chi connectivity index (χ4v) is 3.97. The number of carbonyl (C=O) groups excluding carboxylic acids is 1. The van der Waals surface area contributed by atoms with Crippen LogP contribution in [0.3, 0.4) is 0 Å². The third-order valence-corrected chi connectivity index (χ3v) is 5.92. The number of hydrogen-bond acceptors (Lipinski definition) is 7. The van der Waals surface area contributed by atoms with Crippen LogP contribution in [0, 0.1) is 0 Å². The van der Waals surface area contributed by atoms with Gasteiger partial charge in [-0.1, -0.05) is 24.2 Å². The van der Waals surface area contributed by atoms with Gasteiger partial charge in [-0.05, 0) is 57.3 Å². The molecule has 9 nitrogen and oxygen atoms in total. The Bertz CT molecular complexity index is 1140. The summed E-state index contributed by atoms with van der Waals surface area (Å²) in [6.45, 7) is 5.62. The average Bonchev–Trinajstić information content (AvgIpc) is 3.29. The molecule has 1 aliphatic heterocycles. The van der Waals surface area contributed by atoms with E-state index in [0.29, 0.717) is 28.5 Å². The molecule has 1 amide bonds. The summed E-state index contributed by atoms with van der Waals surface area (Å²) in [5.74, 6) is 0.673. The van der Waals surface area contributed by atoms with E-state index >= 15 is 0 Å². The minimum Gasteiger partial charge on any atom is -0.328 e. The molecule has 3 heterocycles. The molecule has 3 aromatic rings. The number of rotatable bonds is 7. The molecule has 33 heavy (non-hydrogen) atoms. The lowest BCUT2D eigenvalue weighted by Gasteiger charge is -2.28. The summed E-state index contributed by atoms with van der Waals surface area (Å²) in [6, 6.07) is 7.78. The van der Waals surface area contributed by atoms with Gasteiger partial charge < -0.3 is 20.4 Å². The number of carbonyl (C=O) groups is 1. The predicted molar refractivity (Wildman–Crippen MR) is 132 cm³/mol. The first kappa shape index (κ1) is 22.8. The molecule has 4 rings (SSSR count). The maximum atomic E-state index is 11.6. The van der Waals surface area contributed by atoms with E-state index < -0.39 is 0 Å². The molecule has 0 aliphatic carbocycles. The molecule has 0 saturated carbocycles. The SMILES string of the molecule is C=CC(=O)Nc1cccc(N(C)c2nc(Nc3cnn(C4CCN(C)CC4)c3)ncc2Cl)c1. The fraction of sp³-hybridized carbons (Fsp3) is 0.304. The number of hydrogen-bond donors (Lipinski definition) is 2. The van der Waals surface area contributed by atoms with Gasteiger partial charge in [-0.15, -0.1) is 0 Å². The lowest BCUT2D eigenvalue weighted by Crippen LogP contribution is -2.31. The normalized spacial score (nSPS) is 14.6. The van der Waals surface area contributed by atoms with Crippen LogP contribution in [0.1, 0.15) is 18.9 Å². The average molecular weight is 467 g/mol. The van der Waals surface area contributed by atoms with Crippen LogP contribution in [0.2, 0.25) is 5.02 Å². The second kappa shape index (κ2) is 10.0. The largest absolute Gasteiger partial charge is 0.328 e. The standard InChI is InChI=1S/C23H27ClN8O/c1-4-21(33)27-16-6-5-7-19(12-16)31(3)22-20(24)14-25-23(29-22)28-17-13-26-32(15-17)18-8-10-30(2)11-9-18/h4-7,12-15,18H,1,8-11H2,2-3H3,(H,27,33)(H,25,28,29). The van der Waals surface area contributed by atoms with Gasteiger partial charge in [0.15, 0.2) is 5.82 Å². The first-order chi connectivity index (χ1) is 15.9. The Kier molecular flexibility index (Phi) is 6.90. The minimum atomic E-state index is -0.276. The van der Waals surface area contributed by atoms with Crippen molar-refractivity contribution in [3.05, 3.63) is 60.5 Å². The van der Waals surface area contributed by atoms with Crippen molar-refractivity contribution in [3.63, 3.8) is 0 Å². The topological polar surface area (TPSA) is 91.2 Å². The van der Waals surface area contributed by atoms with Gasteiger partial charge in [-0.2, -0.15) is 10.1 Å². The first-order valence-corrected chi connectivity index (χ1v) is 11.1. The van der Waals surface area contributed by atoms with E-state index in [1.54, 1.807) is 18.5 Å². The van der Waals surface area contributed by atoms with E-state index in [1.807, 2.05) is 41.0 Å². The molecule has 0 bridgehead atoms. The van der Waals surface area contributed by atoms with Crippen LogP contribution in [-0.2, 0) is 4.79 Å². The fourth-order valence-electron chi connectivity index (χ4n) is 3.75. The summed E-state index contributed by atoms with van der Waals surface area (Å²) >= 11 is 6.41.